The van der Waals surface area contributed by atoms with Gasteiger partial charge in [-0.3, -0.25) is 9.59 Å². The van der Waals surface area contributed by atoms with Gasteiger partial charge in [-0.1, -0.05) is 54.6 Å². The molecule has 0 saturated carbocycles. The van der Waals surface area contributed by atoms with E-state index in [0.717, 1.165) is 5.56 Å². The van der Waals surface area contributed by atoms with E-state index in [4.69, 9.17) is 0 Å². The van der Waals surface area contributed by atoms with Gasteiger partial charge in [0.15, 0.2) is 0 Å². The number of benzene rings is 3. The Balaban J connectivity index is 1.64. The first kappa shape index (κ1) is 19.8. The lowest BCUT2D eigenvalue weighted by Crippen LogP contribution is -2.24. The predicted molar refractivity (Wildman–Crippen MR) is 109 cm³/mol. The van der Waals surface area contributed by atoms with E-state index in [-0.39, 0.29) is 17.2 Å². The molecule has 0 atom stereocenters. The number of aromatic carboxylic acids is 1. The molecular weight excluding hydrogens is 368 g/mol. The number of aryl methyl sites for hydroxylation is 1. The van der Waals surface area contributed by atoms with Gasteiger partial charge < -0.3 is 20.5 Å². The average Bonchev–Trinajstić information content (AvgIpc) is 2.73. The molecule has 0 aliphatic carbocycles. The van der Waals surface area contributed by atoms with Crippen molar-refractivity contribution in [2.45, 2.75) is 12.8 Å². The molecule has 29 heavy (non-hydrogen) atoms. The van der Waals surface area contributed by atoms with Crippen molar-refractivity contribution in [3.63, 3.8) is 0 Å². The van der Waals surface area contributed by atoms with Crippen molar-refractivity contribution in [2.75, 3.05) is 10.6 Å². The van der Waals surface area contributed by atoms with Gasteiger partial charge in [0, 0.05) is 23.2 Å². The summed E-state index contributed by atoms with van der Waals surface area (Å²) >= 11 is 0. The monoisotopic (exact) mass is 387 g/mol. The van der Waals surface area contributed by atoms with E-state index in [2.05, 4.69) is 10.6 Å². The SMILES string of the molecule is O=C(CCc1ccccc1)Nc1cccc(C(=O)Nc2ccccc2C(=O)[O-])c1. The number of nitrogens with one attached hydrogen (secondary N) is 2. The summed E-state index contributed by atoms with van der Waals surface area (Å²) in [5.74, 6) is -2.02. The van der Waals surface area contributed by atoms with E-state index in [9.17, 15) is 19.5 Å². The molecule has 146 valence electrons. The lowest BCUT2D eigenvalue weighted by molar-refractivity contribution is -0.254. The molecule has 0 fully saturated rings. The van der Waals surface area contributed by atoms with Crippen LogP contribution in [0.4, 0.5) is 11.4 Å². The quantitative estimate of drug-likeness (QED) is 0.651. The number of carboxylic acid groups (broad SMARTS) is 1. The zero-order valence-electron chi connectivity index (χ0n) is 15.6. The molecule has 3 rings (SSSR count). The van der Waals surface area contributed by atoms with Crippen LogP contribution in [0.5, 0.6) is 0 Å². The van der Waals surface area contributed by atoms with Crippen molar-refractivity contribution in [3.05, 3.63) is 95.6 Å². The lowest BCUT2D eigenvalue weighted by Gasteiger charge is -2.12. The van der Waals surface area contributed by atoms with Crippen molar-refractivity contribution in [2.24, 2.45) is 0 Å². The molecule has 0 aliphatic rings. The van der Waals surface area contributed by atoms with Crippen LogP contribution in [-0.2, 0) is 11.2 Å². The number of carbonyl (C=O) groups excluding carboxylic acids is 3. The third-order valence-corrected chi connectivity index (χ3v) is 4.29. The number of rotatable bonds is 7. The topological polar surface area (TPSA) is 98.3 Å². The molecule has 0 spiro atoms. The maximum absolute atomic E-state index is 12.5. The van der Waals surface area contributed by atoms with E-state index in [1.54, 1.807) is 30.3 Å². The molecular formula is C23H19N2O4-. The molecule has 2 amide bonds. The van der Waals surface area contributed by atoms with Crippen LogP contribution in [0.3, 0.4) is 0 Å². The Bertz CT molecular complexity index is 1030. The zero-order chi connectivity index (χ0) is 20.6. The Labute approximate surface area is 168 Å². The first-order chi connectivity index (χ1) is 14.0. The molecule has 0 aromatic heterocycles. The number of amides is 2. The Morgan fingerprint density at radius 3 is 2.28 bits per heavy atom. The Kier molecular flexibility index (Phi) is 6.37. The minimum absolute atomic E-state index is 0.105. The van der Waals surface area contributed by atoms with E-state index in [0.29, 0.717) is 24.1 Å². The second-order valence-electron chi connectivity index (χ2n) is 6.40. The summed E-state index contributed by atoms with van der Waals surface area (Å²) in [6, 6.07) is 22.1. The Morgan fingerprint density at radius 2 is 1.52 bits per heavy atom. The average molecular weight is 387 g/mol. The molecule has 0 unspecified atom stereocenters. The molecule has 0 aliphatic heterocycles. The maximum Gasteiger partial charge on any atom is 0.255 e. The van der Waals surface area contributed by atoms with Crippen LogP contribution in [0.15, 0.2) is 78.9 Å². The van der Waals surface area contributed by atoms with Gasteiger partial charge in [0.1, 0.15) is 0 Å². The smallest absolute Gasteiger partial charge is 0.255 e. The molecule has 6 heteroatoms. The maximum atomic E-state index is 12.5. The highest BCUT2D eigenvalue weighted by molar-refractivity contribution is 6.08. The van der Waals surface area contributed by atoms with E-state index in [1.165, 1.54) is 18.2 Å². The summed E-state index contributed by atoms with van der Waals surface area (Å²) in [4.78, 5) is 35.9. The van der Waals surface area contributed by atoms with Gasteiger partial charge in [0.2, 0.25) is 5.91 Å². The Hall–Kier alpha value is -3.93. The molecule has 0 heterocycles. The normalized spacial score (nSPS) is 10.2. The third kappa shape index (κ3) is 5.52. The first-order valence-electron chi connectivity index (χ1n) is 9.08. The van der Waals surface area contributed by atoms with Crippen LogP contribution < -0.4 is 15.7 Å². The van der Waals surface area contributed by atoms with Crippen LogP contribution in [0.1, 0.15) is 32.7 Å². The summed E-state index contributed by atoms with van der Waals surface area (Å²) in [5, 5.41) is 16.5. The molecule has 0 radical (unpaired) electrons. The number of carboxylic acids is 1. The van der Waals surface area contributed by atoms with Crippen molar-refractivity contribution in [1.82, 2.24) is 0 Å². The van der Waals surface area contributed by atoms with E-state index >= 15 is 0 Å². The van der Waals surface area contributed by atoms with E-state index < -0.39 is 11.9 Å². The molecule has 3 aromatic carbocycles. The van der Waals surface area contributed by atoms with Gasteiger partial charge in [-0.25, -0.2) is 0 Å². The van der Waals surface area contributed by atoms with Crippen LogP contribution in [0, 0.1) is 0 Å². The highest BCUT2D eigenvalue weighted by Crippen LogP contribution is 2.17. The molecule has 0 bridgehead atoms. The van der Waals surface area contributed by atoms with Crippen LogP contribution >= 0.6 is 0 Å². The minimum Gasteiger partial charge on any atom is -0.545 e. The fraction of sp³-hybridized carbons (Fsp3) is 0.0870. The molecule has 2 N–H and O–H groups in total. The lowest BCUT2D eigenvalue weighted by atomic mass is 10.1. The fourth-order valence-electron chi connectivity index (χ4n) is 2.83. The van der Waals surface area contributed by atoms with Crippen molar-refractivity contribution in [1.29, 1.82) is 0 Å². The first-order valence-corrected chi connectivity index (χ1v) is 9.08. The van der Waals surface area contributed by atoms with Crippen molar-refractivity contribution in [3.8, 4) is 0 Å². The number of anilines is 2. The van der Waals surface area contributed by atoms with Gasteiger partial charge in [-0.2, -0.15) is 0 Å². The molecule has 6 nitrogen and oxygen atoms in total. The molecule has 3 aromatic rings. The highest BCUT2D eigenvalue weighted by atomic mass is 16.4. The van der Waals surface area contributed by atoms with Gasteiger partial charge >= 0.3 is 0 Å². The summed E-state index contributed by atoms with van der Waals surface area (Å²) in [6.45, 7) is 0. The number of carbonyl (C=O) groups is 3. The van der Waals surface area contributed by atoms with Gasteiger partial charge in [0.25, 0.3) is 5.91 Å². The predicted octanol–water partition coefficient (Wildman–Crippen LogP) is 2.87. The van der Waals surface area contributed by atoms with Crippen LogP contribution in [0.25, 0.3) is 0 Å². The van der Waals surface area contributed by atoms with Gasteiger partial charge in [-0.05, 0) is 36.2 Å². The summed E-state index contributed by atoms with van der Waals surface area (Å²) < 4.78 is 0. The Morgan fingerprint density at radius 1 is 0.793 bits per heavy atom. The van der Waals surface area contributed by atoms with Crippen molar-refractivity contribution >= 4 is 29.2 Å². The van der Waals surface area contributed by atoms with Gasteiger partial charge in [-0.15, -0.1) is 0 Å². The fourth-order valence-corrected chi connectivity index (χ4v) is 2.83. The summed E-state index contributed by atoms with van der Waals surface area (Å²) in [6.07, 6.45) is 0.937. The van der Waals surface area contributed by atoms with Gasteiger partial charge in [0.05, 0.1) is 11.7 Å². The van der Waals surface area contributed by atoms with E-state index in [1.807, 2.05) is 30.3 Å². The summed E-state index contributed by atoms with van der Waals surface area (Å²) in [7, 11) is 0. The van der Waals surface area contributed by atoms with Crippen LogP contribution in [-0.4, -0.2) is 17.8 Å². The second kappa shape index (κ2) is 9.32. The third-order valence-electron chi connectivity index (χ3n) is 4.29. The molecule has 0 saturated heterocycles. The largest absolute Gasteiger partial charge is 0.545 e. The zero-order valence-corrected chi connectivity index (χ0v) is 15.6. The van der Waals surface area contributed by atoms with Crippen LogP contribution in [0.2, 0.25) is 0 Å². The highest BCUT2D eigenvalue weighted by Gasteiger charge is 2.11. The summed E-state index contributed by atoms with van der Waals surface area (Å²) in [5.41, 5.74) is 1.89. The minimum atomic E-state index is -1.37. The number of hydrogen-bond donors (Lipinski definition) is 2. The van der Waals surface area contributed by atoms with Crippen molar-refractivity contribution < 1.29 is 19.5 Å². The standard InChI is InChI=1S/C23H20N2O4/c26-21(14-13-16-7-2-1-3-8-16)24-18-10-6-9-17(15-18)22(27)25-20-12-5-4-11-19(20)23(28)29/h1-12,15H,13-14H2,(H,24,26)(H,25,27)(H,28,29)/p-1. The number of hydrogen-bond acceptors (Lipinski definition) is 4. The number of para-hydroxylation sites is 1. The second-order valence-corrected chi connectivity index (χ2v) is 6.40.